The van der Waals surface area contributed by atoms with Crippen LogP contribution in [0.25, 0.3) is 0 Å². The minimum atomic E-state index is -0.371. The van der Waals surface area contributed by atoms with Crippen LogP contribution in [0.15, 0.2) is 24.3 Å². The summed E-state index contributed by atoms with van der Waals surface area (Å²) in [6, 6.07) is 7.58. The fourth-order valence-corrected chi connectivity index (χ4v) is 3.66. The van der Waals surface area contributed by atoms with E-state index >= 15 is 0 Å². The predicted molar refractivity (Wildman–Crippen MR) is 92.3 cm³/mol. The maximum absolute atomic E-state index is 12.8. The average molecular weight is 334 g/mol. The Morgan fingerprint density at radius 2 is 1.88 bits per heavy atom. The zero-order chi connectivity index (χ0) is 16.8. The zero-order valence-electron chi connectivity index (χ0n) is 14.3. The van der Waals surface area contributed by atoms with E-state index in [0.717, 1.165) is 25.9 Å². The van der Waals surface area contributed by atoms with Gasteiger partial charge in [0, 0.05) is 31.1 Å². The summed E-state index contributed by atoms with van der Waals surface area (Å²) in [7, 11) is 0. The third kappa shape index (κ3) is 4.26. The summed E-state index contributed by atoms with van der Waals surface area (Å²) in [4.78, 5) is 17.3. The lowest BCUT2D eigenvalue weighted by molar-refractivity contribution is 0.0708. The smallest absolute Gasteiger partial charge is 0.254 e. The Morgan fingerprint density at radius 3 is 2.58 bits per heavy atom. The molecule has 3 rings (SSSR count). The van der Waals surface area contributed by atoms with Crippen molar-refractivity contribution in [3.05, 3.63) is 29.8 Å². The molecule has 2 saturated heterocycles. The molecule has 132 valence electrons. The van der Waals surface area contributed by atoms with Crippen molar-refractivity contribution in [3.63, 3.8) is 0 Å². The van der Waals surface area contributed by atoms with Crippen molar-refractivity contribution < 1.29 is 13.9 Å². The summed E-state index contributed by atoms with van der Waals surface area (Å²) in [5.41, 5.74) is 0.709. The fourth-order valence-electron chi connectivity index (χ4n) is 3.66. The van der Waals surface area contributed by atoms with Crippen molar-refractivity contribution >= 4 is 5.91 Å². The van der Waals surface area contributed by atoms with Crippen LogP contribution in [0.4, 0.5) is 4.39 Å². The number of hydrogen-bond donors (Lipinski definition) is 0. The lowest BCUT2D eigenvalue weighted by atomic mass is 10.1. The summed E-state index contributed by atoms with van der Waals surface area (Å²) in [6.07, 6.45) is 5.16. The van der Waals surface area contributed by atoms with Gasteiger partial charge in [-0.3, -0.25) is 9.18 Å². The molecule has 1 aromatic rings. The molecule has 24 heavy (non-hydrogen) atoms. The molecule has 2 aliphatic heterocycles. The Kier molecular flexibility index (Phi) is 6.07. The van der Waals surface area contributed by atoms with Crippen LogP contribution in [0.5, 0.6) is 5.75 Å². The zero-order valence-corrected chi connectivity index (χ0v) is 14.3. The molecule has 0 N–H and O–H groups in total. The van der Waals surface area contributed by atoms with E-state index in [-0.39, 0.29) is 12.6 Å². The molecule has 5 heteroatoms. The molecular weight excluding hydrogens is 307 g/mol. The monoisotopic (exact) mass is 334 g/mol. The second-order valence-electron chi connectivity index (χ2n) is 6.72. The maximum Gasteiger partial charge on any atom is 0.254 e. The van der Waals surface area contributed by atoms with Crippen molar-refractivity contribution in [1.29, 1.82) is 0 Å². The molecule has 4 nitrogen and oxygen atoms in total. The molecule has 0 aliphatic carbocycles. The number of carbonyl (C=O) groups is 1. The van der Waals surface area contributed by atoms with Crippen LogP contribution >= 0.6 is 0 Å². The molecule has 1 amide bonds. The topological polar surface area (TPSA) is 32.8 Å². The Bertz CT molecular complexity index is 529. The van der Waals surface area contributed by atoms with Crippen LogP contribution in [-0.2, 0) is 0 Å². The summed E-state index contributed by atoms with van der Waals surface area (Å²) in [5.74, 6) is 0.807. The van der Waals surface area contributed by atoms with E-state index in [1.807, 2.05) is 17.0 Å². The highest BCUT2D eigenvalue weighted by atomic mass is 19.1. The van der Waals surface area contributed by atoms with Crippen molar-refractivity contribution in [2.75, 3.05) is 39.5 Å². The second kappa shape index (κ2) is 8.47. The standard InChI is InChI=1S/C19H27FN2O2/c20-10-4-14-24-18-8-6-16(7-9-18)19(23)22-13-3-5-17(22)15-21-11-1-2-12-21/h6-9,17H,1-5,10-15H2/t17-/m0/s1. The largest absolute Gasteiger partial charge is 0.493 e. The number of alkyl halides is 1. The third-order valence-corrected chi connectivity index (χ3v) is 4.95. The van der Waals surface area contributed by atoms with Crippen LogP contribution in [-0.4, -0.2) is 61.2 Å². The molecule has 0 bridgehead atoms. The first-order valence-corrected chi connectivity index (χ1v) is 9.10. The minimum Gasteiger partial charge on any atom is -0.493 e. The third-order valence-electron chi connectivity index (χ3n) is 4.95. The number of ether oxygens (including phenoxy) is 1. The number of benzene rings is 1. The lowest BCUT2D eigenvalue weighted by Gasteiger charge is -2.28. The molecule has 2 fully saturated rings. The summed E-state index contributed by atoms with van der Waals surface area (Å²) < 4.78 is 17.5. The number of rotatable bonds is 7. The van der Waals surface area contributed by atoms with Gasteiger partial charge in [-0.25, -0.2) is 0 Å². The van der Waals surface area contributed by atoms with Gasteiger partial charge < -0.3 is 14.5 Å². The van der Waals surface area contributed by atoms with Crippen LogP contribution in [0.2, 0.25) is 0 Å². The number of halogens is 1. The number of nitrogens with zero attached hydrogens (tertiary/aromatic N) is 2. The van der Waals surface area contributed by atoms with Crippen LogP contribution in [0.3, 0.4) is 0 Å². The van der Waals surface area contributed by atoms with E-state index < -0.39 is 0 Å². The molecule has 0 radical (unpaired) electrons. The normalized spacial score (nSPS) is 21.4. The Balaban J connectivity index is 1.57. The SMILES string of the molecule is O=C(c1ccc(OCCCF)cc1)N1CCC[C@H]1CN1CCCC1. The molecule has 1 aromatic carbocycles. The Morgan fingerprint density at radius 1 is 1.12 bits per heavy atom. The van der Waals surface area contributed by atoms with E-state index in [0.29, 0.717) is 30.4 Å². The highest BCUT2D eigenvalue weighted by molar-refractivity contribution is 5.94. The second-order valence-corrected chi connectivity index (χ2v) is 6.72. The number of hydrogen-bond acceptors (Lipinski definition) is 3. The maximum atomic E-state index is 12.8. The highest BCUT2D eigenvalue weighted by Crippen LogP contribution is 2.23. The number of amides is 1. The molecule has 0 unspecified atom stereocenters. The van der Waals surface area contributed by atoms with Crippen molar-refractivity contribution in [2.45, 2.75) is 38.1 Å². The fraction of sp³-hybridized carbons (Fsp3) is 0.632. The van der Waals surface area contributed by atoms with Gasteiger partial charge in [0.25, 0.3) is 5.91 Å². The number of likely N-dealkylation sites (tertiary alicyclic amines) is 2. The Hall–Kier alpha value is -1.62. The van der Waals surface area contributed by atoms with E-state index in [4.69, 9.17) is 4.74 Å². The van der Waals surface area contributed by atoms with Gasteiger partial charge in [0.1, 0.15) is 5.75 Å². The summed E-state index contributed by atoms with van der Waals surface area (Å²) >= 11 is 0. The molecule has 2 aliphatic rings. The minimum absolute atomic E-state index is 0.118. The van der Waals surface area contributed by atoms with E-state index in [1.54, 1.807) is 12.1 Å². The van der Waals surface area contributed by atoms with Gasteiger partial charge in [0.05, 0.1) is 13.3 Å². The van der Waals surface area contributed by atoms with Crippen LogP contribution in [0, 0.1) is 0 Å². The first-order valence-electron chi connectivity index (χ1n) is 9.10. The first-order chi connectivity index (χ1) is 11.8. The molecule has 0 spiro atoms. The van der Waals surface area contributed by atoms with Gasteiger partial charge in [-0.05, 0) is 63.0 Å². The van der Waals surface area contributed by atoms with Gasteiger partial charge in [0.2, 0.25) is 0 Å². The highest BCUT2D eigenvalue weighted by Gasteiger charge is 2.31. The first kappa shape index (κ1) is 17.2. The predicted octanol–water partition coefficient (Wildman–Crippen LogP) is 3.13. The van der Waals surface area contributed by atoms with Gasteiger partial charge in [0.15, 0.2) is 0 Å². The van der Waals surface area contributed by atoms with Gasteiger partial charge in [-0.2, -0.15) is 0 Å². The van der Waals surface area contributed by atoms with Crippen molar-refractivity contribution in [2.24, 2.45) is 0 Å². The average Bonchev–Trinajstić information content (AvgIpc) is 3.27. The number of carbonyl (C=O) groups excluding carboxylic acids is 1. The molecular formula is C19H27FN2O2. The summed E-state index contributed by atoms with van der Waals surface area (Å²) in [5, 5.41) is 0. The molecule has 0 saturated carbocycles. The lowest BCUT2D eigenvalue weighted by Crippen LogP contribution is -2.42. The van der Waals surface area contributed by atoms with E-state index in [2.05, 4.69) is 4.90 Å². The quantitative estimate of drug-likeness (QED) is 0.718. The van der Waals surface area contributed by atoms with E-state index in [9.17, 15) is 9.18 Å². The molecule has 0 aromatic heterocycles. The van der Waals surface area contributed by atoms with Gasteiger partial charge >= 0.3 is 0 Å². The van der Waals surface area contributed by atoms with Crippen LogP contribution in [0.1, 0.15) is 42.5 Å². The molecule has 2 heterocycles. The van der Waals surface area contributed by atoms with Crippen LogP contribution < -0.4 is 4.74 Å². The van der Waals surface area contributed by atoms with Crippen molar-refractivity contribution in [3.8, 4) is 5.75 Å². The van der Waals surface area contributed by atoms with E-state index in [1.165, 1.54) is 25.9 Å². The summed E-state index contributed by atoms with van der Waals surface area (Å²) in [6.45, 7) is 4.20. The Labute approximate surface area is 143 Å². The van der Waals surface area contributed by atoms with Gasteiger partial charge in [-0.1, -0.05) is 0 Å². The van der Waals surface area contributed by atoms with Gasteiger partial charge in [-0.15, -0.1) is 0 Å². The molecule has 1 atom stereocenters. The van der Waals surface area contributed by atoms with Crippen molar-refractivity contribution in [1.82, 2.24) is 9.80 Å².